The van der Waals surface area contributed by atoms with Gasteiger partial charge in [0.1, 0.15) is 42.5 Å². The maximum Gasteiger partial charge on any atom is 0.331 e. The van der Waals surface area contributed by atoms with Gasteiger partial charge in [0.25, 0.3) is 0 Å². The van der Waals surface area contributed by atoms with E-state index in [2.05, 4.69) is 41.2 Å². The van der Waals surface area contributed by atoms with Crippen LogP contribution >= 0.6 is 11.8 Å². The smallest absolute Gasteiger partial charge is 0.331 e. The first-order chi connectivity index (χ1) is 45.9. The van der Waals surface area contributed by atoms with Crippen molar-refractivity contribution >= 4 is 53.5 Å². The number of likely N-dealkylation sites (N-methyl/N-ethyl adjacent to an activating group) is 2. The number of esters is 4. The van der Waals surface area contributed by atoms with Gasteiger partial charge in [0, 0.05) is 88.9 Å². The molecule has 3 heterocycles. The summed E-state index contributed by atoms with van der Waals surface area (Å²) in [7, 11) is 12.0. The molecular formula is C73H126N6O17S. The minimum absolute atomic E-state index is 0.0403. The number of unbranched alkanes of at least 4 members (excludes halogenated alkanes) is 2. The molecule has 0 radical (unpaired) electrons. The molecule has 3 amide bonds. The Balaban J connectivity index is 1.79. The van der Waals surface area contributed by atoms with Crippen LogP contribution in [0.3, 0.4) is 0 Å². The fourth-order valence-electron chi connectivity index (χ4n) is 13.0. The number of hydrogen-bond acceptors (Lipinski definition) is 20. The van der Waals surface area contributed by atoms with Crippen molar-refractivity contribution in [2.45, 2.75) is 256 Å². The number of ether oxygens (including phenoxy) is 7. The van der Waals surface area contributed by atoms with Crippen molar-refractivity contribution in [3.8, 4) is 0 Å². The number of carbonyl (C=O) groups excluding carboxylic acids is 6. The number of carbonyl (C=O) groups is 7. The molecule has 97 heavy (non-hydrogen) atoms. The zero-order valence-electron chi connectivity index (χ0n) is 61.7. The lowest BCUT2D eigenvalue weighted by molar-refractivity contribution is -0.167. The summed E-state index contributed by atoms with van der Waals surface area (Å²) in [5.74, 6) is -4.59. The number of rotatable bonds is 35. The predicted molar refractivity (Wildman–Crippen MR) is 378 cm³/mol. The van der Waals surface area contributed by atoms with E-state index in [0.717, 1.165) is 37.0 Å². The van der Waals surface area contributed by atoms with Crippen LogP contribution in [0, 0.1) is 41.4 Å². The predicted octanol–water partition coefficient (Wildman–Crippen LogP) is 8.58. The van der Waals surface area contributed by atoms with E-state index in [1.807, 2.05) is 65.5 Å². The second-order valence-corrected chi connectivity index (χ2v) is 29.5. The van der Waals surface area contributed by atoms with Crippen molar-refractivity contribution in [3.05, 3.63) is 48.1 Å². The van der Waals surface area contributed by atoms with Crippen molar-refractivity contribution < 1.29 is 82.0 Å². The molecule has 556 valence electrons. The molecule has 23 nitrogen and oxygen atoms in total. The molecule has 0 aromatic heterocycles. The summed E-state index contributed by atoms with van der Waals surface area (Å²) in [4.78, 5) is 94.3. The maximum absolute atomic E-state index is 13.8. The van der Waals surface area contributed by atoms with Crippen LogP contribution < -0.4 is 21.3 Å². The number of allylic oxidation sites excluding steroid dienone is 3. The quantitative estimate of drug-likeness (QED) is 0.0103. The van der Waals surface area contributed by atoms with Gasteiger partial charge in [0.2, 0.25) is 5.91 Å². The molecule has 3 rings (SSSR count). The number of fused-ring (bicyclic) bond motifs is 1. The molecule has 7 N–H and O–H groups in total. The molecule has 2 fully saturated rings. The van der Waals surface area contributed by atoms with E-state index in [1.54, 1.807) is 77.4 Å². The normalized spacial score (nSPS) is 28.8. The Morgan fingerprint density at radius 1 is 0.814 bits per heavy atom. The third-order valence-electron chi connectivity index (χ3n) is 20.1. The highest BCUT2D eigenvalue weighted by molar-refractivity contribution is 8.00. The minimum Gasteiger partial charge on any atom is -0.480 e. The monoisotopic (exact) mass is 1390 g/mol. The van der Waals surface area contributed by atoms with Crippen LogP contribution in [0.25, 0.3) is 0 Å². The number of thioether (sulfide) groups is 1. The van der Waals surface area contributed by atoms with Gasteiger partial charge in [0.15, 0.2) is 0 Å². The molecule has 0 aromatic rings. The standard InChI is InChI=1S/C73H126N6O17S/c1-45-33-34-46(2)59(92-17)37-35-47(3)68(84)51(7)61(96-72(88)58(43-90-15)79(13)14)28-19-18-20-32-65(82)94-60(29-25-26-55(42-45)91-16)50(6)67(83)48(4)36-38-62(95-71(87)53(9)78(11)12)52(8)69(93-54(10)80)49(5)39-41-74-56(70(85)86)27-23-24-40-75-64(81)31-22-21-30-63-66-57(44-97-63)76-73(89)77-66/h18-20,25-26,32,34,45,47-53,55-63,66-69,74,83-84H,21-24,27-31,33,35-44H2,1-17H3,(H,75,81)(H,85,86)(H2,76,77,89)/b19-18+,26-25+,32-20+,46-34+/t45-,47-,48+,49-,50-,51-,52+,53?,55+,56+,57+,58?,59+,60+,61-,62-,63+,66+,67+,68-,69-/m1/s1. The van der Waals surface area contributed by atoms with Crippen molar-refractivity contribution in [1.29, 1.82) is 0 Å². The molecule has 0 saturated carbocycles. The number of aliphatic carboxylic acids is 1. The van der Waals surface area contributed by atoms with Gasteiger partial charge in [-0.05, 0) is 155 Å². The average molecular weight is 1390 g/mol. The number of nitrogens with zero attached hydrogens (tertiary/aromatic N) is 2. The van der Waals surface area contributed by atoms with Crippen molar-refractivity contribution in [2.24, 2.45) is 41.4 Å². The number of carboxylic acid groups (broad SMARTS) is 1. The summed E-state index contributed by atoms with van der Waals surface area (Å²) in [6, 6.07) is -1.94. The third kappa shape index (κ3) is 30.8. The summed E-state index contributed by atoms with van der Waals surface area (Å²) in [5.41, 5.74) is 1.09. The molecule has 2 unspecified atom stereocenters. The number of amides is 3. The summed E-state index contributed by atoms with van der Waals surface area (Å²) < 4.78 is 41.9. The van der Waals surface area contributed by atoms with Crippen molar-refractivity contribution in [1.82, 2.24) is 31.1 Å². The number of aliphatic hydroxyl groups excluding tert-OH is 2. The van der Waals surface area contributed by atoms with Gasteiger partial charge in [-0.1, -0.05) is 91.3 Å². The largest absolute Gasteiger partial charge is 0.480 e. The molecular weight excluding hydrogens is 1260 g/mol. The topological polar surface area (TPSA) is 299 Å². The molecule has 24 heteroatoms. The first kappa shape index (κ1) is 86.3. The zero-order valence-corrected chi connectivity index (χ0v) is 62.5. The number of methoxy groups -OCH3 is 3. The molecule has 0 aromatic carbocycles. The van der Waals surface area contributed by atoms with Crippen LogP contribution in [0.1, 0.15) is 172 Å². The van der Waals surface area contributed by atoms with Crippen LogP contribution in [0.5, 0.6) is 0 Å². The van der Waals surface area contributed by atoms with E-state index in [9.17, 15) is 48.9 Å². The van der Waals surface area contributed by atoms with E-state index in [-0.39, 0.29) is 86.4 Å². The Hall–Kier alpha value is -4.92. The zero-order chi connectivity index (χ0) is 72.5. The fourth-order valence-corrected chi connectivity index (χ4v) is 14.6. The Morgan fingerprint density at radius 2 is 1.54 bits per heavy atom. The SMILES string of the molecule is COCC(C(=O)O[C@@H]1C/C=C/C=C/C(=O)O[C@H]([C@@H](C)[C@@H](O)[C@@H](C)CC[C@@H](OC(=O)C(C)N(C)C)[C@H](C)[C@H](OC(C)=O)[C@H](C)CCN[C@@H](CCCCNC(=O)CCCC[C@@H]2SC[C@@H]3NC(=O)N[C@@H]32)C(=O)O)C/C=C/[C@H](OC)C[C@H](C)C/C=C(\C)[C@@H](OC)CC[C@@H](C)[C@@H](O)[C@@H]1C)N(C)C. The second kappa shape index (κ2) is 45.8. The Bertz CT molecular complexity index is 2500. The molecule has 21 atom stereocenters. The molecule has 0 spiro atoms. The van der Waals surface area contributed by atoms with Gasteiger partial charge in [-0.25, -0.2) is 9.59 Å². The van der Waals surface area contributed by atoms with Crippen LogP contribution in [0.4, 0.5) is 4.79 Å². The lowest BCUT2D eigenvalue weighted by atomic mass is 9.81. The van der Waals surface area contributed by atoms with E-state index in [1.165, 1.54) is 20.1 Å². The van der Waals surface area contributed by atoms with Gasteiger partial charge < -0.3 is 69.7 Å². The molecule has 2 saturated heterocycles. The Morgan fingerprint density at radius 3 is 2.19 bits per heavy atom. The van der Waals surface area contributed by atoms with E-state index < -0.39 is 108 Å². The highest BCUT2D eigenvalue weighted by Gasteiger charge is 2.43. The van der Waals surface area contributed by atoms with Crippen LogP contribution in [0.15, 0.2) is 48.1 Å². The number of cyclic esters (lactones) is 1. The lowest BCUT2D eigenvalue weighted by Crippen LogP contribution is -2.44. The number of nitrogens with one attached hydrogen (secondary N) is 4. The van der Waals surface area contributed by atoms with Crippen LogP contribution in [-0.4, -0.2) is 226 Å². The number of hydrogen-bond donors (Lipinski definition) is 7. The molecule has 3 aliphatic rings. The summed E-state index contributed by atoms with van der Waals surface area (Å²) >= 11 is 1.86. The van der Waals surface area contributed by atoms with Gasteiger partial charge in [-0.15, -0.1) is 0 Å². The highest BCUT2D eigenvalue weighted by atomic mass is 32.2. The van der Waals surface area contributed by atoms with Crippen molar-refractivity contribution in [2.75, 3.05) is 75.0 Å². The van der Waals surface area contributed by atoms with Crippen LogP contribution in [-0.2, 0) is 61.9 Å². The van der Waals surface area contributed by atoms with Crippen molar-refractivity contribution in [3.63, 3.8) is 0 Å². The van der Waals surface area contributed by atoms with Gasteiger partial charge in [-0.2, -0.15) is 11.8 Å². The Kier molecular flexibility index (Phi) is 40.7. The number of carboxylic acids is 1. The molecule has 0 bridgehead atoms. The highest BCUT2D eigenvalue weighted by Crippen LogP contribution is 2.35. The summed E-state index contributed by atoms with van der Waals surface area (Å²) in [6.07, 6.45) is 15.9. The maximum atomic E-state index is 13.8. The van der Waals surface area contributed by atoms with Crippen LogP contribution in [0.2, 0.25) is 0 Å². The first-order valence-electron chi connectivity index (χ1n) is 35.5. The van der Waals surface area contributed by atoms with Gasteiger partial charge >= 0.3 is 35.9 Å². The first-order valence-corrected chi connectivity index (χ1v) is 36.6. The number of aliphatic hydroxyl groups is 2. The average Bonchev–Trinajstić information content (AvgIpc) is 1.77. The molecule has 3 aliphatic heterocycles. The lowest BCUT2D eigenvalue weighted by Gasteiger charge is -2.36. The molecule has 0 aliphatic carbocycles. The van der Waals surface area contributed by atoms with Gasteiger partial charge in [-0.3, -0.25) is 33.8 Å². The van der Waals surface area contributed by atoms with Gasteiger partial charge in [0.05, 0.1) is 43.1 Å². The fraction of sp³-hybridized carbons (Fsp3) is 0.795. The minimum atomic E-state index is -1.02. The summed E-state index contributed by atoms with van der Waals surface area (Å²) in [6.45, 7) is 19.5. The van der Waals surface area contributed by atoms with E-state index in [0.29, 0.717) is 69.6 Å². The number of urea groups is 1. The Labute approximate surface area is 584 Å². The summed E-state index contributed by atoms with van der Waals surface area (Å²) in [5, 5.41) is 46.7. The van der Waals surface area contributed by atoms with E-state index in [4.69, 9.17) is 33.2 Å². The third-order valence-corrected chi connectivity index (χ3v) is 21.6. The van der Waals surface area contributed by atoms with E-state index >= 15 is 0 Å². The second-order valence-electron chi connectivity index (χ2n) is 28.3.